The van der Waals surface area contributed by atoms with E-state index in [-0.39, 0.29) is 12.1 Å². The van der Waals surface area contributed by atoms with Gasteiger partial charge in [-0.3, -0.25) is 4.79 Å². The Bertz CT molecular complexity index is 687. The maximum absolute atomic E-state index is 12.8. The first kappa shape index (κ1) is 15.4. The highest BCUT2D eigenvalue weighted by atomic mass is 16.5. The fourth-order valence-electron chi connectivity index (χ4n) is 2.71. The standard InChI is InChI=1S/C18H19NO4/c1-21-15-9-8-14(12-16(15)22-2)17(20)19-10-11-23-18(19)13-6-4-3-5-7-13/h3-9,12,18H,10-11H2,1-2H3. The molecule has 1 aliphatic heterocycles. The van der Waals surface area contributed by atoms with Gasteiger partial charge < -0.3 is 19.1 Å². The van der Waals surface area contributed by atoms with Gasteiger partial charge in [-0.1, -0.05) is 30.3 Å². The van der Waals surface area contributed by atoms with Crippen molar-refractivity contribution in [3.8, 4) is 11.5 Å². The lowest BCUT2D eigenvalue weighted by atomic mass is 10.1. The highest BCUT2D eigenvalue weighted by Gasteiger charge is 2.31. The smallest absolute Gasteiger partial charge is 0.256 e. The summed E-state index contributed by atoms with van der Waals surface area (Å²) in [4.78, 5) is 14.6. The molecule has 120 valence electrons. The molecule has 0 N–H and O–H groups in total. The van der Waals surface area contributed by atoms with E-state index in [4.69, 9.17) is 14.2 Å². The number of carbonyl (C=O) groups is 1. The van der Waals surface area contributed by atoms with E-state index in [0.29, 0.717) is 30.2 Å². The zero-order valence-corrected chi connectivity index (χ0v) is 13.2. The highest BCUT2D eigenvalue weighted by molar-refractivity contribution is 5.95. The number of nitrogens with zero attached hydrogens (tertiary/aromatic N) is 1. The summed E-state index contributed by atoms with van der Waals surface area (Å²) in [6.45, 7) is 1.09. The van der Waals surface area contributed by atoms with Crippen LogP contribution in [0.25, 0.3) is 0 Å². The molecule has 0 spiro atoms. The summed E-state index contributed by atoms with van der Waals surface area (Å²) in [6, 6.07) is 14.9. The van der Waals surface area contributed by atoms with Crippen molar-refractivity contribution < 1.29 is 19.0 Å². The van der Waals surface area contributed by atoms with Gasteiger partial charge in [0.05, 0.1) is 20.8 Å². The van der Waals surface area contributed by atoms with Crippen LogP contribution >= 0.6 is 0 Å². The van der Waals surface area contributed by atoms with Crippen molar-refractivity contribution in [2.45, 2.75) is 6.23 Å². The number of carbonyl (C=O) groups excluding carboxylic acids is 1. The molecule has 1 fully saturated rings. The van der Waals surface area contributed by atoms with Crippen molar-refractivity contribution in [3.63, 3.8) is 0 Å². The molecule has 5 heteroatoms. The van der Waals surface area contributed by atoms with Crippen LogP contribution in [0.3, 0.4) is 0 Å². The lowest BCUT2D eigenvalue weighted by Crippen LogP contribution is -2.31. The summed E-state index contributed by atoms with van der Waals surface area (Å²) in [5, 5.41) is 0. The van der Waals surface area contributed by atoms with E-state index in [1.54, 1.807) is 37.3 Å². The van der Waals surface area contributed by atoms with Gasteiger partial charge in [0, 0.05) is 17.7 Å². The molecule has 0 saturated carbocycles. The number of ether oxygens (including phenoxy) is 3. The number of rotatable bonds is 4. The molecule has 1 saturated heterocycles. The number of hydrogen-bond donors (Lipinski definition) is 0. The Balaban J connectivity index is 1.87. The number of amides is 1. The van der Waals surface area contributed by atoms with Crippen LogP contribution in [-0.4, -0.2) is 38.2 Å². The molecule has 2 aromatic rings. The van der Waals surface area contributed by atoms with E-state index in [1.165, 1.54) is 0 Å². The number of hydrogen-bond acceptors (Lipinski definition) is 4. The average Bonchev–Trinajstić information content (AvgIpc) is 3.11. The van der Waals surface area contributed by atoms with Crippen LogP contribution in [-0.2, 0) is 4.74 Å². The van der Waals surface area contributed by atoms with Gasteiger partial charge in [-0.25, -0.2) is 0 Å². The monoisotopic (exact) mass is 313 g/mol. The lowest BCUT2D eigenvalue weighted by Gasteiger charge is -2.23. The maximum Gasteiger partial charge on any atom is 0.256 e. The average molecular weight is 313 g/mol. The second-order valence-corrected chi connectivity index (χ2v) is 5.20. The van der Waals surface area contributed by atoms with Crippen LogP contribution in [0.4, 0.5) is 0 Å². The molecule has 23 heavy (non-hydrogen) atoms. The van der Waals surface area contributed by atoms with Crippen molar-refractivity contribution >= 4 is 5.91 Å². The fourth-order valence-corrected chi connectivity index (χ4v) is 2.71. The third-order valence-electron chi connectivity index (χ3n) is 3.87. The molecule has 0 aromatic heterocycles. The Kier molecular flexibility index (Phi) is 4.48. The van der Waals surface area contributed by atoms with Crippen LogP contribution in [0.5, 0.6) is 11.5 Å². The molecule has 1 unspecified atom stereocenters. The van der Waals surface area contributed by atoms with E-state index in [0.717, 1.165) is 5.56 Å². The van der Waals surface area contributed by atoms with Crippen molar-refractivity contribution in [1.82, 2.24) is 4.90 Å². The Morgan fingerprint density at radius 3 is 2.52 bits per heavy atom. The van der Waals surface area contributed by atoms with Gasteiger partial charge in [0.15, 0.2) is 17.7 Å². The molecule has 1 atom stereocenters. The molecule has 2 aromatic carbocycles. The SMILES string of the molecule is COc1ccc(C(=O)N2CCOC2c2ccccc2)cc1OC. The minimum absolute atomic E-state index is 0.0858. The molecule has 1 aliphatic rings. The molecule has 5 nitrogen and oxygen atoms in total. The van der Waals surface area contributed by atoms with E-state index in [2.05, 4.69) is 0 Å². The molecule has 1 heterocycles. The molecule has 1 amide bonds. The van der Waals surface area contributed by atoms with Gasteiger partial charge in [-0.15, -0.1) is 0 Å². The van der Waals surface area contributed by atoms with Gasteiger partial charge >= 0.3 is 0 Å². The first-order valence-corrected chi connectivity index (χ1v) is 7.44. The van der Waals surface area contributed by atoms with Crippen LogP contribution in [0.15, 0.2) is 48.5 Å². The van der Waals surface area contributed by atoms with Crippen LogP contribution in [0.2, 0.25) is 0 Å². The van der Waals surface area contributed by atoms with Gasteiger partial charge in [0.25, 0.3) is 5.91 Å². The minimum Gasteiger partial charge on any atom is -0.493 e. The molecule has 0 aliphatic carbocycles. The molecule has 3 rings (SSSR count). The van der Waals surface area contributed by atoms with Gasteiger partial charge in [-0.2, -0.15) is 0 Å². The molecule has 0 bridgehead atoms. The maximum atomic E-state index is 12.8. The number of methoxy groups -OCH3 is 2. The Morgan fingerprint density at radius 2 is 1.83 bits per heavy atom. The van der Waals surface area contributed by atoms with E-state index >= 15 is 0 Å². The minimum atomic E-state index is -0.350. The quantitative estimate of drug-likeness (QED) is 0.871. The van der Waals surface area contributed by atoms with E-state index in [9.17, 15) is 4.79 Å². The second kappa shape index (κ2) is 6.71. The van der Waals surface area contributed by atoms with Crippen molar-refractivity contribution in [1.29, 1.82) is 0 Å². The van der Waals surface area contributed by atoms with Crippen molar-refractivity contribution in [2.24, 2.45) is 0 Å². The summed E-state index contributed by atoms with van der Waals surface area (Å²) in [5.41, 5.74) is 1.52. The summed E-state index contributed by atoms with van der Waals surface area (Å²) in [5.74, 6) is 1.05. The van der Waals surface area contributed by atoms with Gasteiger partial charge in [0.1, 0.15) is 0 Å². The van der Waals surface area contributed by atoms with Gasteiger partial charge in [-0.05, 0) is 18.2 Å². The second-order valence-electron chi connectivity index (χ2n) is 5.20. The topological polar surface area (TPSA) is 48.0 Å². The first-order chi connectivity index (χ1) is 11.2. The normalized spacial score (nSPS) is 17.1. The highest BCUT2D eigenvalue weighted by Crippen LogP contribution is 2.31. The Labute approximate surface area is 135 Å². The Morgan fingerprint density at radius 1 is 1.09 bits per heavy atom. The lowest BCUT2D eigenvalue weighted by molar-refractivity contribution is 0.0272. The summed E-state index contributed by atoms with van der Waals surface area (Å²) in [6.07, 6.45) is -0.350. The predicted molar refractivity (Wildman–Crippen MR) is 85.7 cm³/mol. The largest absolute Gasteiger partial charge is 0.493 e. The molecular weight excluding hydrogens is 294 g/mol. The Hall–Kier alpha value is -2.53. The third kappa shape index (κ3) is 3.00. The van der Waals surface area contributed by atoms with E-state index < -0.39 is 0 Å². The summed E-state index contributed by atoms with van der Waals surface area (Å²) < 4.78 is 16.2. The summed E-state index contributed by atoms with van der Waals surface area (Å²) in [7, 11) is 3.12. The van der Waals surface area contributed by atoms with Crippen LogP contribution in [0, 0.1) is 0 Å². The fraction of sp³-hybridized carbons (Fsp3) is 0.278. The first-order valence-electron chi connectivity index (χ1n) is 7.44. The van der Waals surface area contributed by atoms with E-state index in [1.807, 2.05) is 30.3 Å². The van der Waals surface area contributed by atoms with Crippen molar-refractivity contribution in [3.05, 3.63) is 59.7 Å². The number of benzene rings is 2. The van der Waals surface area contributed by atoms with Crippen LogP contribution < -0.4 is 9.47 Å². The predicted octanol–water partition coefficient (Wildman–Crippen LogP) is 2.88. The molecular formula is C18H19NO4. The van der Waals surface area contributed by atoms with Crippen molar-refractivity contribution in [2.75, 3.05) is 27.4 Å². The van der Waals surface area contributed by atoms with Gasteiger partial charge in [0.2, 0.25) is 0 Å². The molecule has 0 radical (unpaired) electrons. The zero-order valence-electron chi connectivity index (χ0n) is 13.2. The van der Waals surface area contributed by atoms with Crippen LogP contribution in [0.1, 0.15) is 22.1 Å². The third-order valence-corrected chi connectivity index (χ3v) is 3.87. The zero-order chi connectivity index (χ0) is 16.2. The summed E-state index contributed by atoms with van der Waals surface area (Å²) >= 11 is 0.